The normalized spacial score (nSPS) is 13.0. The zero-order valence-corrected chi connectivity index (χ0v) is 16.0. The number of aliphatic carboxylic acids is 1. The molecule has 0 aliphatic carbocycles. The molecular weight excluding hydrogens is 360 g/mol. The zero-order valence-electron chi connectivity index (χ0n) is 15.2. The van der Waals surface area contributed by atoms with Crippen LogP contribution in [0.2, 0.25) is 0 Å². The van der Waals surface area contributed by atoms with Crippen molar-refractivity contribution in [2.24, 2.45) is 5.16 Å². The molecule has 7 nitrogen and oxygen atoms in total. The van der Waals surface area contributed by atoms with E-state index in [0.717, 1.165) is 5.56 Å². The number of ether oxygens (including phenoxy) is 1. The molecule has 8 heteroatoms. The first kappa shape index (κ1) is 21.8. The smallest absolute Gasteiger partial charge is 0.408 e. The number of carbonyl (C=O) groups excluding carboxylic acids is 1. The van der Waals surface area contributed by atoms with E-state index in [9.17, 15) is 14.7 Å². The van der Waals surface area contributed by atoms with Gasteiger partial charge < -0.3 is 20.0 Å². The second kappa shape index (κ2) is 10.7. The van der Waals surface area contributed by atoms with E-state index in [1.54, 1.807) is 20.8 Å². The maximum atomic E-state index is 11.7. The van der Waals surface area contributed by atoms with Crippen LogP contribution in [-0.4, -0.2) is 40.4 Å². The van der Waals surface area contributed by atoms with E-state index in [-0.39, 0.29) is 18.7 Å². The van der Waals surface area contributed by atoms with Crippen LogP contribution < -0.4 is 5.32 Å². The minimum Gasteiger partial charge on any atom is -0.480 e. The van der Waals surface area contributed by atoms with Gasteiger partial charge in [0.2, 0.25) is 0 Å². The molecule has 1 aromatic rings. The van der Waals surface area contributed by atoms with Crippen LogP contribution in [0.3, 0.4) is 0 Å². The Kier molecular flexibility index (Phi) is 8.92. The average molecular weight is 385 g/mol. The Hall–Kier alpha value is -2.28. The van der Waals surface area contributed by atoms with Crippen LogP contribution in [0, 0.1) is 0 Å². The third-order valence-corrected chi connectivity index (χ3v) is 3.44. The summed E-state index contributed by atoms with van der Waals surface area (Å²) in [4.78, 5) is 28.3. The van der Waals surface area contributed by atoms with Crippen LogP contribution in [0.15, 0.2) is 35.5 Å². The molecule has 0 aromatic heterocycles. The lowest BCUT2D eigenvalue weighted by Crippen LogP contribution is -2.43. The molecule has 0 bridgehead atoms. The van der Waals surface area contributed by atoms with Crippen molar-refractivity contribution in [2.45, 2.75) is 51.9 Å². The quantitative estimate of drug-likeness (QED) is 0.385. The first-order valence-corrected chi connectivity index (χ1v) is 8.74. The SMILES string of the molecule is CC(C)(C)OC(=O)NC(CCC(CCl)=NOCc1ccccc1)C(=O)O. The van der Waals surface area contributed by atoms with Crippen molar-refractivity contribution < 1.29 is 24.3 Å². The average Bonchev–Trinajstić information content (AvgIpc) is 2.55. The Morgan fingerprint density at radius 3 is 2.46 bits per heavy atom. The van der Waals surface area contributed by atoms with Gasteiger partial charge in [-0.05, 0) is 39.2 Å². The second-order valence-electron chi connectivity index (χ2n) is 6.63. The Labute approximate surface area is 158 Å². The number of benzene rings is 1. The van der Waals surface area contributed by atoms with Gasteiger partial charge in [-0.25, -0.2) is 9.59 Å². The summed E-state index contributed by atoms with van der Waals surface area (Å²) in [6.07, 6.45) is -0.394. The molecule has 144 valence electrons. The number of carboxylic acid groups (broad SMARTS) is 1. The molecule has 2 N–H and O–H groups in total. The van der Waals surface area contributed by atoms with Crippen LogP contribution in [0.1, 0.15) is 39.2 Å². The molecule has 26 heavy (non-hydrogen) atoms. The van der Waals surface area contributed by atoms with Gasteiger partial charge in [0.25, 0.3) is 0 Å². The summed E-state index contributed by atoms with van der Waals surface area (Å²) in [5.41, 5.74) is 0.751. The number of carbonyl (C=O) groups is 2. The molecule has 1 atom stereocenters. The number of carboxylic acids is 1. The number of alkyl halides is 1. The Balaban J connectivity index is 2.52. The molecule has 0 saturated carbocycles. The van der Waals surface area contributed by atoms with E-state index in [2.05, 4.69) is 10.5 Å². The minimum atomic E-state index is -1.16. The van der Waals surface area contributed by atoms with Crippen molar-refractivity contribution in [1.29, 1.82) is 0 Å². The van der Waals surface area contributed by atoms with Crippen molar-refractivity contribution in [1.82, 2.24) is 5.32 Å². The Bertz CT molecular complexity index is 614. The van der Waals surface area contributed by atoms with Crippen LogP contribution in [0.4, 0.5) is 4.79 Å². The first-order chi connectivity index (χ1) is 12.2. The summed E-state index contributed by atoms with van der Waals surface area (Å²) in [6.45, 7) is 5.39. The number of nitrogens with zero attached hydrogens (tertiary/aromatic N) is 1. The molecular formula is C18H25ClN2O5. The molecule has 0 radical (unpaired) electrons. The summed E-state index contributed by atoms with van der Waals surface area (Å²) in [6, 6.07) is 8.39. The number of oxime groups is 1. The van der Waals surface area contributed by atoms with E-state index < -0.39 is 23.7 Å². The lowest BCUT2D eigenvalue weighted by molar-refractivity contribution is -0.139. The second-order valence-corrected chi connectivity index (χ2v) is 6.89. The summed E-state index contributed by atoms with van der Waals surface area (Å²) < 4.78 is 5.07. The maximum Gasteiger partial charge on any atom is 0.408 e. The van der Waals surface area contributed by atoms with E-state index in [4.69, 9.17) is 21.2 Å². The number of hydrogen-bond acceptors (Lipinski definition) is 5. The van der Waals surface area contributed by atoms with Crippen LogP contribution in [-0.2, 0) is 21.0 Å². The van der Waals surface area contributed by atoms with Gasteiger partial charge in [0.05, 0.1) is 11.6 Å². The Morgan fingerprint density at radius 2 is 1.92 bits per heavy atom. The summed E-state index contributed by atoms with van der Waals surface area (Å²) in [5, 5.41) is 15.5. The highest BCUT2D eigenvalue weighted by Crippen LogP contribution is 2.09. The highest BCUT2D eigenvalue weighted by Gasteiger charge is 2.24. The predicted octanol–water partition coefficient (Wildman–Crippen LogP) is 3.56. The maximum absolute atomic E-state index is 11.7. The van der Waals surface area contributed by atoms with Crippen molar-refractivity contribution in [3.63, 3.8) is 0 Å². The third kappa shape index (κ3) is 9.27. The predicted molar refractivity (Wildman–Crippen MR) is 99.4 cm³/mol. The van der Waals surface area contributed by atoms with Gasteiger partial charge in [0.15, 0.2) is 0 Å². The molecule has 1 rings (SSSR count). The molecule has 0 aliphatic rings. The van der Waals surface area contributed by atoms with Crippen LogP contribution >= 0.6 is 11.6 Å². The molecule has 0 saturated heterocycles. The summed E-state index contributed by atoms with van der Waals surface area (Å²) in [7, 11) is 0. The number of halogens is 1. The monoisotopic (exact) mass is 384 g/mol. The molecule has 0 spiro atoms. The van der Waals surface area contributed by atoms with Gasteiger partial charge in [0, 0.05) is 0 Å². The van der Waals surface area contributed by atoms with Crippen LogP contribution in [0.25, 0.3) is 0 Å². The summed E-state index contributed by atoms with van der Waals surface area (Å²) in [5.74, 6) is -1.05. The van der Waals surface area contributed by atoms with Crippen molar-refractivity contribution in [3.8, 4) is 0 Å². The Morgan fingerprint density at radius 1 is 1.27 bits per heavy atom. The summed E-state index contributed by atoms with van der Waals surface area (Å²) >= 11 is 5.83. The van der Waals surface area contributed by atoms with Gasteiger partial charge in [-0.1, -0.05) is 35.5 Å². The van der Waals surface area contributed by atoms with E-state index in [0.29, 0.717) is 12.3 Å². The van der Waals surface area contributed by atoms with Crippen molar-refractivity contribution in [3.05, 3.63) is 35.9 Å². The highest BCUT2D eigenvalue weighted by atomic mass is 35.5. The topological polar surface area (TPSA) is 97.2 Å². The number of alkyl carbamates (subject to hydrolysis) is 1. The van der Waals surface area contributed by atoms with Gasteiger partial charge in [-0.2, -0.15) is 0 Å². The first-order valence-electron chi connectivity index (χ1n) is 8.21. The molecule has 0 fully saturated rings. The molecule has 0 heterocycles. The fourth-order valence-corrected chi connectivity index (χ4v) is 2.11. The zero-order chi connectivity index (χ0) is 19.6. The highest BCUT2D eigenvalue weighted by molar-refractivity contribution is 6.28. The lowest BCUT2D eigenvalue weighted by Gasteiger charge is -2.22. The number of rotatable bonds is 9. The lowest BCUT2D eigenvalue weighted by atomic mass is 10.1. The minimum absolute atomic E-state index is 0.105. The van der Waals surface area contributed by atoms with Crippen molar-refractivity contribution in [2.75, 3.05) is 5.88 Å². The van der Waals surface area contributed by atoms with Gasteiger partial charge >= 0.3 is 12.1 Å². The van der Waals surface area contributed by atoms with Crippen molar-refractivity contribution >= 4 is 29.4 Å². The van der Waals surface area contributed by atoms with Gasteiger partial charge in [-0.15, -0.1) is 11.6 Å². The molecule has 1 amide bonds. The van der Waals surface area contributed by atoms with E-state index in [1.807, 2.05) is 30.3 Å². The number of hydrogen-bond donors (Lipinski definition) is 2. The number of amides is 1. The largest absolute Gasteiger partial charge is 0.480 e. The fourth-order valence-electron chi connectivity index (χ4n) is 1.93. The standard InChI is InChI=1S/C18H25ClN2O5/c1-18(2,3)26-17(24)20-15(16(22)23)10-9-14(11-19)21-25-12-13-7-5-4-6-8-13/h4-8,15H,9-12H2,1-3H3,(H,20,24)(H,22,23). The molecule has 1 aromatic carbocycles. The fraction of sp³-hybridized carbons (Fsp3) is 0.500. The van der Waals surface area contributed by atoms with Crippen LogP contribution in [0.5, 0.6) is 0 Å². The van der Waals surface area contributed by atoms with Gasteiger partial charge in [0.1, 0.15) is 18.2 Å². The van der Waals surface area contributed by atoms with Gasteiger partial charge in [-0.3, -0.25) is 0 Å². The molecule has 1 unspecified atom stereocenters. The molecule has 0 aliphatic heterocycles. The number of nitrogens with one attached hydrogen (secondary N) is 1. The third-order valence-electron chi connectivity index (χ3n) is 3.13. The van der Waals surface area contributed by atoms with E-state index in [1.165, 1.54) is 0 Å². The van der Waals surface area contributed by atoms with E-state index >= 15 is 0 Å².